The number of carbonyl (C=O) groups is 2. The second-order valence-electron chi connectivity index (χ2n) is 7.03. The van der Waals surface area contributed by atoms with Crippen LogP contribution in [-0.4, -0.2) is 25.5 Å². The predicted molar refractivity (Wildman–Crippen MR) is 113 cm³/mol. The topological polar surface area (TPSA) is 49.9 Å². The Balaban J connectivity index is 1.78. The minimum Gasteiger partial charge on any atom is -0.497 e. The van der Waals surface area contributed by atoms with Crippen LogP contribution >= 0.6 is 0 Å². The Hall–Kier alpha value is -3.60. The van der Waals surface area contributed by atoms with Gasteiger partial charge in [0.2, 0.25) is 5.91 Å². The van der Waals surface area contributed by atoms with Gasteiger partial charge in [-0.2, -0.15) is 0 Å². The lowest BCUT2D eigenvalue weighted by Crippen LogP contribution is -2.56. The van der Waals surface area contributed by atoms with Crippen molar-refractivity contribution in [1.82, 2.24) is 0 Å². The van der Waals surface area contributed by atoms with Gasteiger partial charge in [0.05, 0.1) is 7.11 Å². The molecule has 0 aliphatic carbocycles. The molecule has 0 radical (unpaired) electrons. The van der Waals surface area contributed by atoms with Gasteiger partial charge in [-0.3, -0.25) is 14.5 Å². The zero-order valence-corrected chi connectivity index (χ0v) is 16.4. The Morgan fingerprint density at radius 2 is 1.45 bits per heavy atom. The summed E-state index contributed by atoms with van der Waals surface area (Å²) in [7, 11) is 1.59. The Bertz CT molecular complexity index is 1010. The Morgan fingerprint density at radius 1 is 0.828 bits per heavy atom. The van der Waals surface area contributed by atoms with Gasteiger partial charge in [-0.1, -0.05) is 48.0 Å². The van der Waals surface area contributed by atoms with Gasteiger partial charge < -0.3 is 9.64 Å². The SMILES string of the molecule is COc1ccc(N2C(=O)CN(c3ccc(C)cc3)C(=O)[C@@H]2c2ccccc2)cc1. The van der Waals surface area contributed by atoms with Gasteiger partial charge in [-0.15, -0.1) is 0 Å². The van der Waals surface area contributed by atoms with Gasteiger partial charge in [0, 0.05) is 11.4 Å². The molecule has 0 N–H and O–H groups in total. The van der Waals surface area contributed by atoms with E-state index in [-0.39, 0.29) is 18.4 Å². The minimum atomic E-state index is -0.729. The first-order chi connectivity index (χ1) is 14.1. The second kappa shape index (κ2) is 7.80. The summed E-state index contributed by atoms with van der Waals surface area (Å²) in [5.41, 5.74) is 3.27. The van der Waals surface area contributed by atoms with Crippen molar-refractivity contribution in [3.63, 3.8) is 0 Å². The van der Waals surface area contributed by atoms with E-state index in [4.69, 9.17) is 4.74 Å². The summed E-state index contributed by atoms with van der Waals surface area (Å²) in [6, 6.07) is 23.5. The number of benzene rings is 3. The van der Waals surface area contributed by atoms with Crippen LogP contribution in [0.25, 0.3) is 0 Å². The number of nitrogens with zero attached hydrogens (tertiary/aromatic N) is 2. The van der Waals surface area contributed by atoms with Crippen molar-refractivity contribution in [2.75, 3.05) is 23.5 Å². The number of amides is 2. The number of hydrogen-bond donors (Lipinski definition) is 0. The largest absolute Gasteiger partial charge is 0.497 e. The smallest absolute Gasteiger partial charge is 0.255 e. The average molecular weight is 386 g/mol. The summed E-state index contributed by atoms with van der Waals surface area (Å²) in [6.07, 6.45) is 0. The molecule has 1 heterocycles. The third-order valence-electron chi connectivity index (χ3n) is 5.13. The highest BCUT2D eigenvalue weighted by atomic mass is 16.5. The molecule has 0 spiro atoms. The molecule has 0 bridgehead atoms. The van der Waals surface area contributed by atoms with E-state index in [9.17, 15) is 9.59 Å². The maximum absolute atomic E-state index is 13.6. The number of piperazine rings is 1. The first kappa shape index (κ1) is 18.7. The van der Waals surface area contributed by atoms with Crippen molar-refractivity contribution >= 4 is 23.2 Å². The van der Waals surface area contributed by atoms with Crippen LogP contribution in [0.5, 0.6) is 5.75 Å². The summed E-state index contributed by atoms with van der Waals surface area (Å²) in [5, 5.41) is 0. The van der Waals surface area contributed by atoms with Crippen molar-refractivity contribution in [3.05, 3.63) is 90.0 Å². The van der Waals surface area contributed by atoms with E-state index in [2.05, 4.69) is 0 Å². The van der Waals surface area contributed by atoms with Crippen LogP contribution in [0.4, 0.5) is 11.4 Å². The molecule has 2 amide bonds. The number of carbonyl (C=O) groups excluding carboxylic acids is 2. The van der Waals surface area contributed by atoms with Gasteiger partial charge in [0.25, 0.3) is 5.91 Å². The van der Waals surface area contributed by atoms with E-state index in [0.717, 1.165) is 16.8 Å². The predicted octanol–water partition coefficient (Wildman–Crippen LogP) is 4.12. The van der Waals surface area contributed by atoms with E-state index in [1.807, 2.05) is 73.7 Å². The van der Waals surface area contributed by atoms with Crippen LogP contribution < -0.4 is 14.5 Å². The standard InChI is InChI=1S/C24H22N2O3/c1-17-8-10-19(11-9-17)25-16-22(27)26(20-12-14-21(29-2)15-13-20)23(24(25)28)18-6-4-3-5-7-18/h3-15,23H,16H2,1-2H3/t23-/m0/s1. The van der Waals surface area contributed by atoms with Gasteiger partial charge in [-0.05, 0) is 48.9 Å². The number of ether oxygens (including phenoxy) is 1. The fourth-order valence-corrected chi connectivity index (χ4v) is 3.60. The fraction of sp³-hybridized carbons (Fsp3) is 0.167. The van der Waals surface area contributed by atoms with Gasteiger partial charge >= 0.3 is 0 Å². The van der Waals surface area contributed by atoms with E-state index in [1.54, 1.807) is 29.0 Å². The highest BCUT2D eigenvalue weighted by molar-refractivity contribution is 6.14. The Labute approximate surface area is 170 Å². The molecule has 0 saturated carbocycles. The van der Waals surface area contributed by atoms with Crippen molar-refractivity contribution in [2.45, 2.75) is 13.0 Å². The van der Waals surface area contributed by atoms with E-state index in [1.165, 1.54) is 0 Å². The van der Waals surface area contributed by atoms with Crippen LogP contribution in [0.1, 0.15) is 17.2 Å². The molecule has 1 aliphatic heterocycles. The zero-order valence-electron chi connectivity index (χ0n) is 16.4. The van der Waals surface area contributed by atoms with E-state index >= 15 is 0 Å². The zero-order chi connectivity index (χ0) is 20.4. The molecule has 146 valence electrons. The number of aryl methyl sites for hydroxylation is 1. The molecule has 3 aromatic rings. The second-order valence-corrected chi connectivity index (χ2v) is 7.03. The van der Waals surface area contributed by atoms with Gasteiger partial charge in [0.1, 0.15) is 18.3 Å². The maximum Gasteiger partial charge on any atom is 0.255 e. The number of anilines is 2. The molecule has 0 unspecified atom stereocenters. The van der Waals surface area contributed by atoms with Crippen LogP contribution in [0.3, 0.4) is 0 Å². The number of methoxy groups -OCH3 is 1. The first-order valence-electron chi connectivity index (χ1n) is 9.47. The third-order valence-corrected chi connectivity index (χ3v) is 5.13. The molecule has 1 atom stereocenters. The molecule has 5 heteroatoms. The van der Waals surface area contributed by atoms with E-state index in [0.29, 0.717) is 11.4 Å². The summed E-state index contributed by atoms with van der Waals surface area (Å²) in [4.78, 5) is 30.0. The monoisotopic (exact) mass is 386 g/mol. The highest BCUT2D eigenvalue weighted by Gasteiger charge is 2.41. The van der Waals surface area contributed by atoms with Crippen molar-refractivity contribution in [2.24, 2.45) is 0 Å². The molecule has 1 fully saturated rings. The van der Waals surface area contributed by atoms with Crippen LogP contribution in [-0.2, 0) is 9.59 Å². The number of hydrogen-bond acceptors (Lipinski definition) is 3. The minimum absolute atomic E-state index is 0.00272. The Kier molecular flexibility index (Phi) is 5.04. The summed E-state index contributed by atoms with van der Waals surface area (Å²) >= 11 is 0. The summed E-state index contributed by atoms with van der Waals surface area (Å²) in [6.45, 7) is 1.99. The van der Waals surface area contributed by atoms with Crippen molar-refractivity contribution in [3.8, 4) is 5.75 Å². The first-order valence-corrected chi connectivity index (χ1v) is 9.47. The molecule has 4 rings (SSSR count). The normalized spacial score (nSPS) is 16.8. The Morgan fingerprint density at radius 3 is 2.07 bits per heavy atom. The summed E-state index contributed by atoms with van der Waals surface area (Å²) in [5.74, 6) is 0.432. The number of rotatable bonds is 4. The lowest BCUT2D eigenvalue weighted by atomic mass is 9.99. The van der Waals surface area contributed by atoms with E-state index < -0.39 is 6.04 Å². The average Bonchev–Trinajstić information content (AvgIpc) is 2.76. The third kappa shape index (κ3) is 3.59. The molecular formula is C24H22N2O3. The summed E-state index contributed by atoms with van der Waals surface area (Å²) < 4.78 is 5.22. The molecule has 5 nitrogen and oxygen atoms in total. The molecule has 1 aliphatic rings. The van der Waals surface area contributed by atoms with Crippen LogP contribution in [0.2, 0.25) is 0 Å². The lowest BCUT2D eigenvalue weighted by Gasteiger charge is -2.40. The van der Waals surface area contributed by atoms with Crippen molar-refractivity contribution < 1.29 is 14.3 Å². The maximum atomic E-state index is 13.6. The molecule has 3 aromatic carbocycles. The lowest BCUT2D eigenvalue weighted by molar-refractivity contribution is -0.128. The molecule has 29 heavy (non-hydrogen) atoms. The molecular weight excluding hydrogens is 364 g/mol. The van der Waals surface area contributed by atoms with Gasteiger partial charge in [0.15, 0.2) is 0 Å². The highest BCUT2D eigenvalue weighted by Crippen LogP contribution is 2.35. The van der Waals surface area contributed by atoms with Gasteiger partial charge in [-0.25, -0.2) is 0 Å². The van der Waals surface area contributed by atoms with Crippen LogP contribution in [0.15, 0.2) is 78.9 Å². The fourth-order valence-electron chi connectivity index (χ4n) is 3.60. The van der Waals surface area contributed by atoms with Crippen LogP contribution in [0, 0.1) is 6.92 Å². The molecule has 1 saturated heterocycles. The molecule has 0 aromatic heterocycles. The quantitative estimate of drug-likeness (QED) is 0.678. The van der Waals surface area contributed by atoms with Crippen molar-refractivity contribution in [1.29, 1.82) is 0 Å².